The third-order valence-corrected chi connectivity index (χ3v) is 3.29. The summed E-state index contributed by atoms with van der Waals surface area (Å²) in [6.07, 6.45) is 1.55. The molecule has 116 valence electrons. The molecule has 0 fully saturated rings. The second-order valence-electron chi connectivity index (χ2n) is 4.37. The number of carbonyl (C=O) groups is 1. The van der Waals surface area contributed by atoms with E-state index in [0.29, 0.717) is 31.2 Å². The molecule has 0 saturated heterocycles. The van der Waals surface area contributed by atoms with E-state index in [2.05, 4.69) is 26.2 Å². The minimum Gasteiger partial charge on any atom is -0.492 e. The van der Waals surface area contributed by atoms with Gasteiger partial charge in [-0.3, -0.25) is 4.79 Å². The highest BCUT2D eigenvalue weighted by molar-refractivity contribution is 9.10. The van der Waals surface area contributed by atoms with Gasteiger partial charge in [-0.2, -0.15) is 0 Å². The molecule has 0 atom stereocenters. The van der Waals surface area contributed by atoms with Gasteiger partial charge in [-0.15, -0.1) is 0 Å². The number of hydrogen-bond donors (Lipinski definition) is 1. The van der Waals surface area contributed by atoms with Gasteiger partial charge >= 0.3 is 0 Å². The van der Waals surface area contributed by atoms with Gasteiger partial charge in [-0.05, 0) is 37.3 Å². The molecule has 5 nitrogen and oxygen atoms in total. The number of halogens is 1. The van der Waals surface area contributed by atoms with Crippen LogP contribution in [0.2, 0.25) is 0 Å². The van der Waals surface area contributed by atoms with Gasteiger partial charge in [0.25, 0.3) is 5.91 Å². The fraction of sp³-hybridized carbons (Fsp3) is 0.250. The maximum absolute atomic E-state index is 12.0. The molecule has 0 aliphatic heterocycles. The predicted octanol–water partition coefficient (Wildman–Crippen LogP) is 3.05. The molecular formula is C16H17BrN2O3. The Hall–Kier alpha value is -2.08. The number of carbonyl (C=O) groups excluding carboxylic acids is 1. The van der Waals surface area contributed by atoms with Crippen molar-refractivity contribution in [1.82, 2.24) is 10.3 Å². The third kappa shape index (κ3) is 5.04. The number of amides is 1. The van der Waals surface area contributed by atoms with Crippen molar-refractivity contribution in [3.8, 4) is 11.6 Å². The number of benzene rings is 1. The number of aromatic nitrogens is 1. The van der Waals surface area contributed by atoms with Crippen LogP contribution in [-0.2, 0) is 0 Å². The molecule has 1 aromatic carbocycles. The second kappa shape index (κ2) is 8.38. The molecule has 0 aliphatic rings. The zero-order valence-electron chi connectivity index (χ0n) is 12.2. The van der Waals surface area contributed by atoms with Crippen molar-refractivity contribution in [2.45, 2.75) is 6.92 Å². The van der Waals surface area contributed by atoms with Gasteiger partial charge in [0.2, 0.25) is 5.88 Å². The fourth-order valence-electron chi connectivity index (χ4n) is 1.74. The van der Waals surface area contributed by atoms with Crippen LogP contribution in [-0.4, -0.2) is 30.6 Å². The summed E-state index contributed by atoms with van der Waals surface area (Å²) >= 11 is 3.36. The molecule has 2 aromatic rings. The molecule has 2 rings (SSSR count). The molecule has 1 aromatic heterocycles. The molecule has 6 heteroatoms. The summed E-state index contributed by atoms with van der Waals surface area (Å²) < 4.78 is 11.8. The lowest BCUT2D eigenvalue weighted by Gasteiger charge is -2.08. The van der Waals surface area contributed by atoms with Gasteiger partial charge < -0.3 is 14.8 Å². The van der Waals surface area contributed by atoms with E-state index in [0.717, 1.165) is 10.2 Å². The first kappa shape index (κ1) is 16.3. The van der Waals surface area contributed by atoms with Crippen LogP contribution in [0, 0.1) is 0 Å². The summed E-state index contributed by atoms with van der Waals surface area (Å²) in [5, 5.41) is 2.79. The van der Waals surface area contributed by atoms with E-state index in [1.54, 1.807) is 18.3 Å². The first-order valence-electron chi connectivity index (χ1n) is 6.94. The summed E-state index contributed by atoms with van der Waals surface area (Å²) in [6.45, 7) is 3.20. The van der Waals surface area contributed by atoms with E-state index >= 15 is 0 Å². The molecule has 1 N–H and O–H groups in total. The van der Waals surface area contributed by atoms with Crippen molar-refractivity contribution in [3.05, 3.63) is 52.6 Å². The Labute approximate surface area is 137 Å². The number of hydrogen-bond acceptors (Lipinski definition) is 4. The van der Waals surface area contributed by atoms with Crippen LogP contribution in [0.25, 0.3) is 0 Å². The summed E-state index contributed by atoms with van der Waals surface area (Å²) in [7, 11) is 0. The average molecular weight is 365 g/mol. The highest BCUT2D eigenvalue weighted by atomic mass is 79.9. The minimum atomic E-state index is -0.178. The first-order chi connectivity index (χ1) is 10.7. The van der Waals surface area contributed by atoms with Crippen molar-refractivity contribution in [1.29, 1.82) is 0 Å². The number of nitrogens with zero attached hydrogens (tertiary/aromatic N) is 1. The number of rotatable bonds is 7. The van der Waals surface area contributed by atoms with Crippen LogP contribution >= 0.6 is 15.9 Å². The lowest BCUT2D eigenvalue weighted by atomic mass is 10.2. The van der Waals surface area contributed by atoms with E-state index in [9.17, 15) is 4.79 Å². The SMILES string of the molecule is CCOc1cc(C(=O)NCCOc2ccc(Br)cc2)ccn1. The highest BCUT2D eigenvalue weighted by Crippen LogP contribution is 2.15. The number of nitrogens with one attached hydrogen (secondary N) is 1. The van der Waals surface area contributed by atoms with Crippen molar-refractivity contribution in [2.24, 2.45) is 0 Å². The van der Waals surface area contributed by atoms with Crippen molar-refractivity contribution >= 4 is 21.8 Å². The van der Waals surface area contributed by atoms with Gasteiger partial charge in [-0.25, -0.2) is 4.98 Å². The van der Waals surface area contributed by atoms with Crippen LogP contribution in [0.15, 0.2) is 47.1 Å². The normalized spacial score (nSPS) is 10.1. The molecule has 0 spiro atoms. The Morgan fingerprint density at radius 2 is 2.00 bits per heavy atom. The summed E-state index contributed by atoms with van der Waals surface area (Å²) in [5.74, 6) is 1.03. The molecule has 0 bridgehead atoms. The fourth-order valence-corrected chi connectivity index (χ4v) is 2.01. The van der Waals surface area contributed by atoms with E-state index in [4.69, 9.17) is 9.47 Å². The maximum Gasteiger partial charge on any atom is 0.251 e. The Morgan fingerprint density at radius 1 is 1.23 bits per heavy atom. The third-order valence-electron chi connectivity index (χ3n) is 2.76. The standard InChI is InChI=1S/C16H17BrN2O3/c1-2-21-15-11-12(7-8-18-15)16(20)19-9-10-22-14-5-3-13(17)4-6-14/h3-8,11H,2,9-10H2,1H3,(H,19,20). The van der Waals surface area contributed by atoms with Gasteiger partial charge in [0, 0.05) is 22.3 Å². The van der Waals surface area contributed by atoms with Crippen LogP contribution < -0.4 is 14.8 Å². The van der Waals surface area contributed by atoms with Crippen molar-refractivity contribution in [3.63, 3.8) is 0 Å². The summed E-state index contributed by atoms with van der Waals surface area (Å²) in [4.78, 5) is 16.0. The molecule has 0 saturated carbocycles. The van der Waals surface area contributed by atoms with E-state index in [-0.39, 0.29) is 5.91 Å². The van der Waals surface area contributed by atoms with Crippen LogP contribution in [0.4, 0.5) is 0 Å². The largest absolute Gasteiger partial charge is 0.492 e. The molecule has 0 radical (unpaired) electrons. The van der Waals surface area contributed by atoms with Crippen molar-refractivity contribution in [2.75, 3.05) is 19.8 Å². The highest BCUT2D eigenvalue weighted by Gasteiger charge is 2.06. The van der Waals surface area contributed by atoms with Crippen LogP contribution in [0.3, 0.4) is 0 Å². The molecule has 0 unspecified atom stereocenters. The summed E-state index contributed by atoms with van der Waals surface area (Å²) in [6, 6.07) is 10.8. The molecule has 22 heavy (non-hydrogen) atoms. The van der Waals surface area contributed by atoms with Gasteiger partial charge in [0.1, 0.15) is 12.4 Å². The second-order valence-corrected chi connectivity index (χ2v) is 5.29. The Balaban J connectivity index is 1.77. The Kier molecular flexibility index (Phi) is 6.21. The van der Waals surface area contributed by atoms with Crippen molar-refractivity contribution < 1.29 is 14.3 Å². The van der Waals surface area contributed by atoms with Gasteiger partial charge in [-0.1, -0.05) is 15.9 Å². The van der Waals surface area contributed by atoms with Crippen LogP contribution in [0.1, 0.15) is 17.3 Å². The molecule has 0 aliphatic carbocycles. The lowest BCUT2D eigenvalue weighted by Crippen LogP contribution is -2.28. The van der Waals surface area contributed by atoms with E-state index < -0.39 is 0 Å². The molecular weight excluding hydrogens is 348 g/mol. The van der Waals surface area contributed by atoms with Gasteiger partial charge in [0.05, 0.1) is 13.2 Å². The van der Waals surface area contributed by atoms with E-state index in [1.807, 2.05) is 31.2 Å². The molecule has 1 amide bonds. The lowest BCUT2D eigenvalue weighted by molar-refractivity contribution is 0.0946. The average Bonchev–Trinajstić information content (AvgIpc) is 2.53. The Morgan fingerprint density at radius 3 is 2.73 bits per heavy atom. The van der Waals surface area contributed by atoms with E-state index in [1.165, 1.54) is 0 Å². The Bertz CT molecular complexity index is 617. The quantitative estimate of drug-likeness (QED) is 0.767. The minimum absolute atomic E-state index is 0.178. The first-order valence-corrected chi connectivity index (χ1v) is 7.73. The monoisotopic (exact) mass is 364 g/mol. The predicted molar refractivity (Wildman–Crippen MR) is 87.4 cm³/mol. The topological polar surface area (TPSA) is 60.5 Å². The smallest absolute Gasteiger partial charge is 0.251 e. The zero-order chi connectivity index (χ0) is 15.8. The van der Waals surface area contributed by atoms with Crippen LogP contribution in [0.5, 0.6) is 11.6 Å². The van der Waals surface area contributed by atoms with Gasteiger partial charge in [0.15, 0.2) is 0 Å². The number of ether oxygens (including phenoxy) is 2. The molecule has 1 heterocycles. The summed E-state index contributed by atoms with van der Waals surface area (Å²) in [5.41, 5.74) is 0.516. The maximum atomic E-state index is 12.0. The number of pyridine rings is 1. The zero-order valence-corrected chi connectivity index (χ0v) is 13.8.